The van der Waals surface area contributed by atoms with Crippen molar-refractivity contribution in [3.8, 4) is 0 Å². The van der Waals surface area contributed by atoms with Gasteiger partial charge in [-0.25, -0.2) is 0 Å². The number of thioether (sulfide) groups is 1. The number of hydrogen-bond acceptors (Lipinski definition) is 3. The molecule has 0 aromatic rings. The minimum Gasteiger partial charge on any atom is -0.385 e. The third kappa shape index (κ3) is 6.44. The zero-order valence-electron chi connectivity index (χ0n) is 10.1. The van der Waals surface area contributed by atoms with Gasteiger partial charge in [0.15, 0.2) is 0 Å². The molecule has 1 aliphatic carbocycles. The summed E-state index contributed by atoms with van der Waals surface area (Å²) in [5.41, 5.74) is 0. The molecule has 2 nitrogen and oxygen atoms in total. The maximum atomic E-state index is 5.04. The van der Waals surface area contributed by atoms with Gasteiger partial charge in [-0.3, -0.25) is 0 Å². The minimum absolute atomic E-state index is 0.738. The average Bonchev–Trinajstić information content (AvgIpc) is 2.74. The lowest BCUT2D eigenvalue weighted by Crippen LogP contribution is -2.31. The van der Waals surface area contributed by atoms with E-state index in [4.69, 9.17) is 4.74 Å². The smallest absolute Gasteiger partial charge is 0.0470 e. The molecule has 1 rings (SSSR count). The monoisotopic (exact) mass is 231 g/mol. The zero-order valence-corrected chi connectivity index (χ0v) is 10.9. The maximum Gasteiger partial charge on any atom is 0.0470 e. The van der Waals surface area contributed by atoms with Crippen molar-refractivity contribution in [1.29, 1.82) is 0 Å². The molecule has 3 heteroatoms. The highest BCUT2D eigenvalue weighted by atomic mass is 32.2. The van der Waals surface area contributed by atoms with E-state index in [-0.39, 0.29) is 0 Å². The lowest BCUT2D eigenvalue weighted by atomic mass is 10.2. The molecule has 0 heterocycles. The van der Waals surface area contributed by atoms with Gasteiger partial charge in [0, 0.05) is 31.6 Å². The van der Waals surface area contributed by atoms with Gasteiger partial charge in [-0.1, -0.05) is 19.8 Å². The normalized spacial score (nSPS) is 19.6. The van der Waals surface area contributed by atoms with Crippen LogP contribution in [0.3, 0.4) is 0 Å². The van der Waals surface area contributed by atoms with E-state index in [0.29, 0.717) is 0 Å². The Bertz CT molecular complexity index is 149. The van der Waals surface area contributed by atoms with Gasteiger partial charge in [-0.15, -0.1) is 0 Å². The summed E-state index contributed by atoms with van der Waals surface area (Å²) in [6.07, 6.45) is 6.80. The summed E-state index contributed by atoms with van der Waals surface area (Å²) in [4.78, 5) is 0. The van der Waals surface area contributed by atoms with E-state index in [1.165, 1.54) is 44.4 Å². The molecule has 0 bridgehead atoms. The van der Waals surface area contributed by atoms with Gasteiger partial charge in [-0.2, -0.15) is 11.8 Å². The summed E-state index contributed by atoms with van der Waals surface area (Å²) in [7, 11) is 1.77. The van der Waals surface area contributed by atoms with Crippen LogP contribution >= 0.6 is 11.8 Å². The molecule has 15 heavy (non-hydrogen) atoms. The van der Waals surface area contributed by atoms with Gasteiger partial charge in [0.25, 0.3) is 0 Å². The molecular weight excluding hydrogens is 206 g/mol. The van der Waals surface area contributed by atoms with Crippen LogP contribution in [0.5, 0.6) is 0 Å². The summed E-state index contributed by atoms with van der Waals surface area (Å²) < 4.78 is 5.04. The van der Waals surface area contributed by atoms with Crippen molar-refractivity contribution in [1.82, 2.24) is 5.32 Å². The average molecular weight is 231 g/mol. The van der Waals surface area contributed by atoms with Crippen LogP contribution in [0.25, 0.3) is 0 Å². The summed E-state index contributed by atoms with van der Waals surface area (Å²) in [6.45, 7) is 4.39. The third-order valence-electron chi connectivity index (χ3n) is 2.94. The lowest BCUT2D eigenvalue weighted by Gasteiger charge is -2.16. The van der Waals surface area contributed by atoms with Gasteiger partial charge >= 0.3 is 0 Å². The molecule has 0 aliphatic heterocycles. The van der Waals surface area contributed by atoms with Crippen LogP contribution in [0.15, 0.2) is 0 Å². The molecule has 1 aliphatic rings. The van der Waals surface area contributed by atoms with Crippen LogP contribution < -0.4 is 5.32 Å². The summed E-state index contributed by atoms with van der Waals surface area (Å²) >= 11 is 2.06. The summed E-state index contributed by atoms with van der Waals surface area (Å²) in [5, 5.41) is 4.41. The summed E-state index contributed by atoms with van der Waals surface area (Å²) in [5.74, 6) is 1.22. The second-order valence-electron chi connectivity index (χ2n) is 4.42. The molecule has 0 saturated heterocycles. The van der Waals surface area contributed by atoms with Gasteiger partial charge in [0.2, 0.25) is 0 Å². The Hall–Kier alpha value is 0.270. The Morgan fingerprint density at radius 2 is 2.13 bits per heavy atom. The SMILES string of the molecule is COCCCSC(C)CNC1CCCC1. The fourth-order valence-electron chi connectivity index (χ4n) is 2.01. The number of nitrogens with one attached hydrogen (secondary N) is 1. The van der Waals surface area contributed by atoms with Gasteiger partial charge in [0.05, 0.1) is 0 Å². The molecule has 0 radical (unpaired) electrons. The first-order chi connectivity index (χ1) is 7.33. The molecule has 1 unspecified atom stereocenters. The predicted molar refractivity (Wildman–Crippen MR) is 68.7 cm³/mol. The van der Waals surface area contributed by atoms with Crippen molar-refractivity contribution < 1.29 is 4.74 Å². The van der Waals surface area contributed by atoms with E-state index in [1.807, 2.05) is 0 Å². The number of rotatable bonds is 8. The molecular formula is C12H25NOS. The van der Waals surface area contributed by atoms with Gasteiger partial charge < -0.3 is 10.1 Å². The van der Waals surface area contributed by atoms with Crippen LogP contribution in [0, 0.1) is 0 Å². The molecule has 90 valence electrons. The van der Waals surface area contributed by atoms with Crippen molar-refractivity contribution in [2.45, 2.75) is 50.3 Å². The molecule has 0 amide bonds. The first-order valence-electron chi connectivity index (χ1n) is 6.17. The third-order valence-corrected chi connectivity index (χ3v) is 4.20. The molecule has 0 spiro atoms. The first kappa shape index (κ1) is 13.3. The maximum absolute atomic E-state index is 5.04. The van der Waals surface area contributed by atoms with Crippen molar-refractivity contribution in [3.63, 3.8) is 0 Å². The summed E-state index contributed by atoms with van der Waals surface area (Å²) in [6, 6.07) is 0.812. The molecule has 1 saturated carbocycles. The standard InChI is InChI=1S/C12H25NOS/c1-11(15-9-5-8-14-2)10-13-12-6-3-4-7-12/h11-13H,3-10H2,1-2H3. The Labute approximate surface area is 98.5 Å². The number of hydrogen-bond donors (Lipinski definition) is 1. The van der Waals surface area contributed by atoms with E-state index in [2.05, 4.69) is 24.0 Å². The van der Waals surface area contributed by atoms with Crippen LogP contribution in [0.4, 0.5) is 0 Å². The second-order valence-corrected chi connectivity index (χ2v) is 5.96. The van der Waals surface area contributed by atoms with Gasteiger partial charge in [-0.05, 0) is 25.0 Å². The highest BCUT2D eigenvalue weighted by molar-refractivity contribution is 7.99. The van der Waals surface area contributed by atoms with Crippen molar-refractivity contribution in [3.05, 3.63) is 0 Å². The quantitative estimate of drug-likeness (QED) is 0.649. The molecule has 1 N–H and O–H groups in total. The van der Waals surface area contributed by atoms with E-state index in [9.17, 15) is 0 Å². The van der Waals surface area contributed by atoms with E-state index in [1.54, 1.807) is 7.11 Å². The molecule has 1 fully saturated rings. The second kappa shape index (κ2) is 8.43. The fraction of sp³-hybridized carbons (Fsp3) is 1.00. The molecule has 1 atom stereocenters. The Morgan fingerprint density at radius 1 is 1.40 bits per heavy atom. The van der Waals surface area contributed by atoms with E-state index in [0.717, 1.165) is 17.9 Å². The minimum atomic E-state index is 0.738. The number of methoxy groups -OCH3 is 1. The van der Waals surface area contributed by atoms with Gasteiger partial charge in [0.1, 0.15) is 0 Å². The lowest BCUT2D eigenvalue weighted by molar-refractivity contribution is 0.200. The topological polar surface area (TPSA) is 21.3 Å². The fourth-order valence-corrected chi connectivity index (χ4v) is 2.91. The van der Waals surface area contributed by atoms with Crippen LogP contribution in [0.2, 0.25) is 0 Å². The Balaban J connectivity index is 1.90. The Morgan fingerprint density at radius 3 is 2.80 bits per heavy atom. The Kier molecular flexibility index (Phi) is 7.49. The van der Waals surface area contributed by atoms with E-state index >= 15 is 0 Å². The van der Waals surface area contributed by atoms with Crippen molar-refractivity contribution in [2.24, 2.45) is 0 Å². The molecule has 0 aromatic heterocycles. The zero-order chi connectivity index (χ0) is 10.9. The predicted octanol–water partition coefficient (Wildman–Crippen LogP) is 2.68. The largest absolute Gasteiger partial charge is 0.385 e. The van der Waals surface area contributed by atoms with Crippen LogP contribution in [-0.2, 0) is 4.74 Å². The highest BCUT2D eigenvalue weighted by Gasteiger charge is 2.14. The molecule has 0 aromatic carbocycles. The van der Waals surface area contributed by atoms with Crippen LogP contribution in [-0.4, -0.2) is 37.3 Å². The number of ether oxygens (including phenoxy) is 1. The first-order valence-corrected chi connectivity index (χ1v) is 7.21. The van der Waals surface area contributed by atoms with Crippen molar-refractivity contribution in [2.75, 3.05) is 26.0 Å². The van der Waals surface area contributed by atoms with Crippen molar-refractivity contribution >= 4 is 11.8 Å². The highest BCUT2D eigenvalue weighted by Crippen LogP contribution is 2.18. The van der Waals surface area contributed by atoms with E-state index < -0.39 is 0 Å². The van der Waals surface area contributed by atoms with Crippen LogP contribution in [0.1, 0.15) is 39.0 Å².